The normalized spacial score (nSPS) is 10.8. The average Bonchev–Trinajstić information content (AvgIpc) is 2.46. The molecule has 0 unspecified atom stereocenters. The van der Waals surface area contributed by atoms with Gasteiger partial charge in [0.1, 0.15) is 5.82 Å². The number of hydrogen-bond donors (Lipinski definition) is 1. The van der Waals surface area contributed by atoms with Crippen molar-refractivity contribution >= 4 is 16.7 Å². The molecular formula is C15H14N4. The quantitative estimate of drug-likeness (QED) is 0.759. The molecule has 0 saturated heterocycles. The Kier molecular flexibility index (Phi) is 2.83. The van der Waals surface area contributed by atoms with E-state index in [1.54, 1.807) is 6.20 Å². The fourth-order valence-electron chi connectivity index (χ4n) is 2.11. The van der Waals surface area contributed by atoms with Crippen molar-refractivity contribution in [2.45, 2.75) is 13.3 Å². The molecule has 0 bridgehead atoms. The van der Waals surface area contributed by atoms with Crippen LogP contribution in [0.15, 0.2) is 42.6 Å². The molecule has 0 spiro atoms. The molecule has 0 radical (unpaired) electrons. The van der Waals surface area contributed by atoms with Crippen LogP contribution in [0.1, 0.15) is 12.6 Å². The second-order valence-corrected chi connectivity index (χ2v) is 4.34. The van der Waals surface area contributed by atoms with Crippen molar-refractivity contribution in [3.8, 4) is 11.4 Å². The van der Waals surface area contributed by atoms with Gasteiger partial charge in [-0.15, -0.1) is 0 Å². The molecule has 2 N–H and O–H groups in total. The summed E-state index contributed by atoms with van der Waals surface area (Å²) in [6.45, 7) is 2.05. The van der Waals surface area contributed by atoms with Gasteiger partial charge in [-0.25, -0.2) is 9.97 Å². The van der Waals surface area contributed by atoms with Crippen LogP contribution in [0, 0.1) is 0 Å². The van der Waals surface area contributed by atoms with Crippen LogP contribution in [-0.4, -0.2) is 15.0 Å². The van der Waals surface area contributed by atoms with Gasteiger partial charge in [-0.3, -0.25) is 4.98 Å². The summed E-state index contributed by atoms with van der Waals surface area (Å²) < 4.78 is 0. The number of para-hydroxylation sites is 1. The number of benzene rings is 1. The van der Waals surface area contributed by atoms with Crippen molar-refractivity contribution in [3.63, 3.8) is 0 Å². The standard InChI is InChI=1S/C15H14N4/c1-2-10-9-14(16)19-15(18-10)12-7-8-17-13-6-4-3-5-11(12)13/h3-9H,2H2,1H3,(H2,16,18,19). The third-order valence-electron chi connectivity index (χ3n) is 3.05. The summed E-state index contributed by atoms with van der Waals surface area (Å²) in [6.07, 6.45) is 2.61. The van der Waals surface area contributed by atoms with Gasteiger partial charge >= 0.3 is 0 Å². The van der Waals surface area contributed by atoms with E-state index in [1.165, 1.54) is 0 Å². The summed E-state index contributed by atoms with van der Waals surface area (Å²) in [4.78, 5) is 13.2. The maximum Gasteiger partial charge on any atom is 0.162 e. The molecule has 2 heterocycles. The number of fused-ring (bicyclic) bond motifs is 1. The van der Waals surface area contributed by atoms with Crippen LogP contribution in [0.2, 0.25) is 0 Å². The Morgan fingerprint density at radius 3 is 2.79 bits per heavy atom. The third-order valence-corrected chi connectivity index (χ3v) is 3.05. The van der Waals surface area contributed by atoms with E-state index in [1.807, 2.05) is 36.4 Å². The Labute approximate surface area is 111 Å². The lowest BCUT2D eigenvalue weighted by Crippen LogP contribution is -2.00. The van der Waals surface area contributed by atoms with E-state index < -0.39 is 0 Å². The first-order valence-electron chi connectivity index (χ1n) is 6.25. The summed E-state index contributed by atoms with van der Waals surface area (Å²) in [5.74, 6) is 1.16. The van der Waals surface area contributed by atoms with Gasteiger partial charge in [0.05, 0.1) is 5.52 Å². The zero-order valence-corrected chi connectivity index (χ0v) is 10.7. The van der Waals surface area contributed by atoms with Gasteiger partial charge in [-0.1, -0.05) is 25.1 Å². The minimum atomic E-state index is 0.503. The predicted molar refractivity (Wildman–Crippen MR) is 76.6 cm³/mol. The van der Waals surface area contributed by atoms with Crippen molar-refractivity contribution in [2.75, 3.05) is 5.73 Å². The second kappa shape index (κ2) is 4.65. The van der Waals surface area contributed by atoms with E-state index in [9.17, 15) is 0 Å². The highest BCUT2D eigenvalue weighted by atomic mass is 14.9. The summed E-state index contributed by atoms with van der Waals surface area (Å²) in [6, 6.07) is 11.7. The van der Waals surface area contributed by atoms with Crippen LogP contribution < -0.4 is 5.73 Å². The van der Waals surface area contributed by atoms with E-state index in [2.05, 4.69) is 21.9 Å². The fourth-order valence-corrected chi connectivity index (χ4v) is 2.11. The first kappa shape index (κ1) is 11.6. The maximum atomic E-state index is 5.85. The Hall–Kier alpha value is -2.49. The zero-order chi connectivity index (χ0) is 13.2. The van der Waals surface area contributed by atoms with Crippen molar-refractivity contribution in [2.24, 2.45) is 0 Å². The van der Waals surface area contributed by atoms with Crippen LogP contribution in [0.5, 0.6) is 0 Å². The molecule has 0 aliphatic rings. The number of hydrogen-bond acceptors (Lipinski definition) is 4. The van der Waals surface area contributed by atoms with Gasteiger partial charge in [0.25, 0.3) is 0 Å². The number of anilines is 1. The molecule has 4 nitrogen and oxygen atoms in total. The molecule has 4 heteroatoms. The van der Waals surface area contributed by atoms with Crippen molar-refractivity contribution in [3.05, 3.63) is 48.3 Å². The van der Waals surface area contributed by atoms with Crippen molar-refractivity contribution in [1.29, 1.82) is 0 Å². The number of nitrogens with zero attached hydrogens (tertiary/aromatic N) is 3. The van der Waals surface area contributed by atoms with Gasteiger partial charge in [0.2, 0.25) is 0 Å². The highest BCUT2D eigenvalue weighted by molar-refractivity contribution is 5.92. The van der Waals surface area contributed by atoms with Crippen molar-refractivity contribution in [1.82, 2.24) is 15.0 Å². The monoisotopic (exact) mass is 250 g/mol. The largest absolute Gasteiger partial charge is 0.384 e. The smallest absolute Gasteiger partial charge is 0.162 e. The van der Waals surface area contributed by atoms with E-state index in [4.69, 9.17) is 5.73 Å². The fraction of sp³-hybridized carbons (Fsp3) is 0.133. The van der Waals surface area contributed by atoms with Crippen LogP contribution >= 0.6 is 0 Å². The highest BCUT2D eigenvalue weighted by Crippen LogP contribution is 2.25. The van der Waals surface area contributed by atoms with Gasteiger partial charge in [-0.05, 0) is 18.6 Å². The minimum absolute atomic E-state index is 0.503. The molecule has 1 aromatic carbocycles. The first-order valence-corrected chi connectivity index (χ1v) is 6.25. The molecule has 94 valence electrons. The molecule has 2 aromatic heterocycles. The molecule has 0 fully saturated rings. The first-order chi connectivity index (χ1) is 9.28. The van der Waals surface area contributed by atoms with Crippen molar-refractivity contribution < 1.29 is 0 Å². The molecule has 3 aromatic rings. The summed E-state index contributed by atoms with van der Waals surface area (Å²) in [7, 11) is 0. The topological polar surface area (TPSA) is 64.7 Å². The lowest BCUT2D eigenvalue weighted by atomic mass is 10.1. The van der Waals surface area contributed by atoms with Gasteiger partial charge in [0, 0.05) is 28.9 Å². The Bertz CT molecular complexity index is 732. The maximum absolute atomic E-state index is 5.85. The van der Waals surface area contributed by atoms with Crippen LogP contribution in [0.25, 0.3) is 22.3 Å². The summed E-state index contributed by atoms with van der Waals surface area (Å²) in [5.41, 5.74) is 8.70. The van der Waals surface area contributed by atoms with E-state index in [-0.39, 0.29) is 0 Å². The average molecular weight is 250 g/mol. The number of aromatic nitrogens is 3. The predicted octanol–water partition coefficient (Wildman–Crippen LogP) is 2.84. The summed E-state index contributed by atoms with van der Waals surface area (Å²) >= 11 is 0. The lowest BCUT2D eigenvalue weighted by molar-refractivity contribution is 1.01. The molecule has 0 aliphatic carbocycles. The lowest BCUT2D eigenvalue weighted by Gasteiger charge is -2.07. The number of nitrogens with two attached hydrogens (primary N) is 1. The van der Waals surface area contributed by atoms with E-state index in [0.717, 1.165) is 28.6 Å². The van der Waals surface area contributed by atoms with Crippen LogP contribution in [0.3, 0.4) is 0 Å². The molecule has 0 aliphatic heterocycles. The molecule has 3 rings (SSSR count). The molecule has 19 heavy (non-hydrogen) atoms. The Morgan fingerprint density at radius 2 is 1.95 bits per heavy atom. The minimum Gasteiger partial charge on any atom is -0.384 e. The Morgan fingerprint density at radius 1 is 1.11 bits per heavy atom. The number of aryl methyl sites for hydroxylation is 1. The number of pyridine rings is 1. The zero-order valence-electron chi connectivity index (χ0n) is 10.7. The van der Waals surface area contributed by atoms with E-state index >= 15 is 0 Å². The SMILES string of the molecule is CCc1cc(N)nc(-c2ccnc3ccccc23)n1. The number of rotatable bonds is 2. The molecular weight excluding hydrogens is 236 g/mol. The molecule has 0 saturated carbocycles. The van der Waals surface area contributed by atoms with E-state index in [0.29, 0.717) is 11.6 Å². The van der Waals surface area contributed by atoms with Crippen LogP contribution in [0.4, 0.5) is 5.82 Å². The molecule has 0 atom stereocenters. The van der Waals surface area contributed by atoms with Gasteiger partial charge in [0.15, 0.2) is 5.82 Å². The highest BCUT2D eigenvalue weighted by Gasteiger charge is 2.08. The van der Waals surface area contributed by atoms with Gasteiger partial charge < -0.3 is 5.73 Å². The third kappa shape index (κ3) is 2.12. The van der Waals surface area contributed by atoms with Gasteiger partial charge in [-0.2, -0.15) is 0 Å². The Balaban J connectivity index is 2.27. The van der Waals surface area contributed by atoms with Crippen LogP contribution in [-0.2, 0) is 6.42 Å². The second-order valence-electron chi connectivity index (χ2n) is 4.34. The number of nitrogen functional groups attached to an aromatic ring is 1. The molecule has 0 amide bonds. The summed E-state index contributed by atoms with van der Waals surface area (Å²) in [5, 5.41) is 1.04.